The van der Waals surface area contributed by atoms with Gasteiger partial charge in [0.15, 0.2) is 6.10 Å². The monoisotopic (exact) mass is 821 g/mol. The first-order valence-corrected chi connectivity index (χ1v) is 25.0. The Morgan fingerprint density at radius 1 is 0.464 bits per heavy atom. The zero-order chi connectivity index (χ0) is 41.2. The van der Waals surface area contributed by atoms with Gasteiger partial charge in [-0.1, -0.05) is 213 Å². The van der Waals surface area contributed by atoms with Gasteiger partial charge >= 0.3 is 19.8 Å². The van der Waals surface area contributed by atoms with Crippen molar-refractivity contribution in [3.8, 4) is 0 Å². The van der Waals surface area contributed by atoms with E-state index >= 15 is 0 Å². The van der Waals surface area contributed by atoms with E-state index in [9.17, 15) is 24.2 Å². The number of esters is 2. The molecule has 3 unspecified atom stereocenters. The maximum atomic E-state index is 12.6. The summed E-state index contributed by atoms with van der Waals surface area (Å²) in [6.45, 7) is 2.43. The molecule has 0 radical (unpaired) electrons. The van der Waals surface area contributed by atoms with Gasteiger partial charge in [-0.2, -0.15) is 0 Å². The molecule has 3 N–H and O–H groups in total. The molecule has 56 heavy (non-hydrogen) atoms. The lowest BCUT2D eigenvalue weighted by atomic mass is 10.0. The first-order chi connectivity index (χ1) is 27.2. The number of carbonyl (C=O) groups excluding carboxylic acids is 2. The molecule has 0 saturated carbocycles. The number of aliphatic hydroxyl groups is 2. The van der Waals surface area contributed by atoms with Crippen LogP contribution in [0.25, 0.3) is 0 Å². The summed E-state index contributed by atoms with van der Waals surface area (Å²) in [5.74, 6) is -0.906. The summed E-state index contributed by atoms with van der Waals surface area (Å²) in [5.41, 5.74) is 0. The molecule has 0 aromatic carbocycles. The van der Waals surface area contributed by atoms with E-state index in [0.717, 1.165) is 32.1 Å². The normalized spacial score (nSPS) is 13.7. The maximum Gasteiger partial charge on any atom is 0.472 e. The fraction of sp³-hybridized carbons (Fsp3) is 0.956. The minimum Gasteiger partial charge on any atom is -0.462 e. The van der Waals surface area contributed by atoms with E-state index in [2.05, 4.69) is 13.8 Å². The van der Waals surface area contributed by atoms with Crippen LogP contribution in [-0.4, -0.2) is 65.7 Å². The van der Waals surface area contributed by atoms with E-state index in [1.165, 1.54) is 167 Å². The molecule has 0 aliphatic rings. The molecule has 11 heteroatoms. The highest BCUT2D eigenvalue weighted by molar-refractivity contribution is 7.47. The fourth-order valence-corrected chi connectivity index (χ4v) is 7.67. The number of unbranched alkanes of at least 4 members (excludes halogenated alkanes) is 31. The van der Waals surface area contributed by atoms with Gasteiger partial charge in [0.2, 0.25) is 0 Å². The van der Waals surface area contributed by atoms with Crippen LogP contribution >= 0.6 is 7.82 Å². The number of rotatable bonds is 45. The van der Waals surface area contributed by atoms with Gasteiger partial charge in [-0.05, 0) is 12.8 Å². The molecule has 0 heterocycles. The third-order valence-corrected chi connectivity index (χ3v) is 11.5. The molecule has 334 valence electrons. The summed E-state index contributed by atoms with van der Waals surface area (Å²) >= 11 is 0. The van der Waals surface area contributed by atoms with Gasteiger partial charge in [-0.25, -0.2) is 4.57 Å². The van der Waals surface area contributed by atoms with Crippen molar-refractivity contribution in [3.63, 3.8) is 0 Å². The lowest BCUT2D eigenvalue weighted by molar-refractivity contribution is -0.161. The minimum absolute atomic E-state index is 0.193. The van der Waals surface area contributed by atoms with Gasteiger partial charge in [0, 0.05) is 12.8 Å². The van der Waals surface area contributed by atoms with E-state index in [0.29, 0.717) is 12.8 Å². The van der Waals surface area contributed by atoms with Crippen LogP contribution in [-0.2, 0) is 32.7 Å². The van der Waals surface area contributed by atoms with Crippen LogP contribution in [0.5, 0.6) is 0 Å². The average molecular weight is 821 g/mol. The number of ether oxygens (including phenoxy) is 2. The highest BCUT2D eigenvalue weighted by atomic mass is 31.2. The zero-order valence-electron chi connectivity index (χ0n) is 36.4. The molecule has 0 fully saturated rings. The molecule has 3 atom stereocenters. The van der Waals surface area contributed by atoms with E-state index in [-0.39, 0.29) is 19.4 Å². The third kappa shape index (κ3) is 41.1. The van der Waals surface area contributed by atoms with Gasteiger partial charge in [0.05, 0.1) is 19.8 Å². The minimum atomic E-state index is -4.61. The summed E-state index contributed by atoms with van der Waals surface area (Å²) in [6.07, 6.45) is 39.2. The Morgan fingerprint density at radius 2 is 0.768 bits per heavy atom. The Balaban J connectivity index is 4.18. The van der Waals surface area contributed by atoms with Crippen molar-refractivity contribution in [1.82, 2.24) is 0 Å². The van der Waals surface area contributed by atoms with Crippen molar-refractivity contribution in [2.45, 2.75) is 251 Å². The molecule has 10 nitrogen and oxygen atoms in total. The van der Waals surface area contributed by atoms with Crippen molar-refractivity contribution >= 4 is 19.8 Å². The van der Waals surface area contributed by atoms with Gasteiger partial charge in [0.1, 0.15) is 12.7 Å². The number of phosphoric acid groups is 1. The van der Waals surface area contributed by atoms with E-state index in [4.69, 9.17) is 23.6 Å². The van der Waals surface area contributed by atoms with E-state index in [1.54, 1.807) is 0 Å². The number of carbonyl (C=O) groups is 2. The summed E-state index contributed by atoms with van der Waals surface area (Å²) in [5, 5.41) is 18.3. The molecule has 0 spiro atoms. The van der Waals surface area contributed by atoms with E-state index in [1.807, 2.05) is 0 Å². The molecular formula is C45H89O10P. The van der Waals surface area contributed by atoms with Crippen LogP contribution < -0.4 is 0 Å². The van der Waals surface area contributed by atoms with Crippen LogP contribution in [0.4, 0.5) is 0 Å². The Bertz CT molecular complexity index is 904. The fourth-order valence-electron chi connectivity index (χ4n) is 6.88. The van der Waals surface area contributed by atoms with Crippen LogP contribution in [0.3, 0.4) is 0 Å². The van der Waals surface area contributed by atoms with Gasteiger partial charge in [0.25, 0.3) is 0 Å². The van der Waals surface area contributed by atoms with Crippen molar-refractivity contribution in [2.75, 3.05) is 26.4 Å². The quantitative estimate of drug-likeness (QED) is 0.0308. The Kier molecular flexibility index (Phi) is 41.3. The summed E-state index contributed by atoms with van der Waals surface area (Å²) in [7, 11) is -4.61. The molecular weight excluding hydrogens is 731 g/mol. The van der Waals surface area contributed by atoms with Crippen LogP contribution in [0.1, 0.15) is 239 Å². The van der Waals surface area contributed by atoms with Crippen LogP contribution in [0.2, 0.25) is 0 Å². The maximum absolute atomic E-state index is 12.6. The van der Waals surface area contributed by atoms with Crippen LogP contribution in [0.15, 0.2) is 0 Å². The Hall–Kier alpha value is -1.03. The Morgan fingerprint density at radius 3 is 1.11 bits per heavy atom. The smallest absolute Gasteiger partial charge is 0.462 e. The molecule has 0 amide bonds. The van der Waals surface area contributed by atoms with Crippen molar-refractivity contribution < 1.29 is 47.8 Å². The average Bonchev–Trinajstić information content (AvgIpc) is 3.19. The molecule has 0 aliphatic heterocycles. The van der Waals surface area contributed by atoms with Gasteiger partial charge in [-0.15, -0.1) is 0 Å². The number of hydrogen-bond donors (Lipinski definition) is 3. The first kappa shape index (κ1) is 55.0. The second-order valence-electron chi connectivity index (χ2n) is 16.2. The summed E-state index contributed by atoms with van der Waals surface area (Å²) in [4.78, 5) is 35.0. The number of phosphoric ester groups is 1. The van der Waals surface area contributed by atoms with Gasteiger partial charge in [-0.3, -0.25) is 18.6 Å². The molecule has 0 aromatic rings. The third-order valence-electron chi connectivity index (χ3n) is 10.5. The Labute approximate surface area is 344 Å². The summed E-state index contributed by atoms with van der Waals surface area (Å²) < 4.78 is 32.8. The molecule has 0 rings (SSSR count). The van der Waals surface area contributed by atoms with Crippen molar-refractivity contribution in [1.29, 1.82) is 0 Å². The predicted octanol–water partition coefficient (Wildman–Crippen LogP) is 12.6. The number of hydrogen-bond acceptors (Lipinski definition) is 9. The van der Waals surface area contributed by atoms with E-state index < -0.39 is 51.8 Å². The second-order valence-corrected chi connectivity index (χ2v) is 17.6. The SMILES string of the molecule is CCCCCCCCCCCCCCCCCCCCCC(=O)OC(COC(=O)CCCCCCCCCCCCCCCC)COP(=O)(O)OCC(O)CO. The first-order valence-electron chi connectivity index (χ1n) is 23.5. The topological polar surface area (TPSA) is 149 Å². The highest BCUT2D eigenvalue weighted by Crippen LogP contribution is 2.43. The molecule has 0 aromatic heterocycles. The lowest BCUT2D eigenvalue weighted by Crippen LogP contribution is -2.29. The molecule has 0 saturated heterocycles. The van der Waals surface area contributed by atoms with Crippen LogP contribution in [0, 0.1) is 0 Å². The highest BCUT2D eigenvalue weighted by Gasteiger charge is 2.27. The second kappa shape index (κ2) is 42.1. The number of aliphatic hydroxyl groups excluding tert-OH is 2. The standard InChI is InChI=1S/C45H89O10P/c1-3-5-7-9-11-13-15-17-19-20-21-22-23-25-27-29-31-33-35-37-45(49)55-43(41-54-56(50,51)53-39-42(47)38-46)40-52-44(48)36-34-32-30-28-26-24-18-16-14-12-10-8-6-4-2/h42-43,46-47H,3-41H2,1-2H3,(H,50,51). The van der Waals surface area contributed by atoms with Crippen molar-refractivity contribution in [3.05, 3.63) is 0 Å². The lowest BCUT2D eigenvalue weighted by Gasteiger charge is -2.20. The van der Waals surface area contributed by atoms with Gasteiger partial charge < -0.3 is 24.6 Å². The molecule has 0 aliphatic carbocycles. The van der Waals surface area contributed by atoms with Crippen molar-refractivity contribution in [2.24, 2.45) is 0 Å². The molecule has 0 bridgehead atoms. The predicted molar refractivity (Wildman–Crippen MR) is 229 cm³/mol. The zero-order valence-corrected chi connectivity index (χ0v) is 37.3. The largest absolute Gasteiger partial charge is 0.472 e. The summed E-state index contributed by atoms with van der Waals surface area (Å²) in [6, 6.07) is 0.